The van der Waals surface area contributed by atoms with E-state index in [0.717, 1.165) is 49.5 Å². The standard InChI is InChI=1S/C31H28N4O4.C30H29N3O4.C19H19NO2.C11H11BrN2O2.CH2O3.CH4.2K.H/c1-6-15-39-23-12-14-27-24(17-23)28(22-10-8-21(9-11-22)19(2)3)34-31(36)35(27)18-20-7-13-25-26(16-20)33-30(38-5)29(32-25)37-4;1-6-15-37-23-12-14-25(24(17-23)28(34)22-10-8-21(9-11-22)19(2)3)31-18-20-7-13-26-27(16-20)33-30(36-5)29(32-26)35-4;1-4-11-22-16-9-10-18(20)17(12-16)19(21)15-7-5-14(6-8-15)13(2)3;1-15-10-11(16-2)14-9-5-7(6-12)3-4-8(9)13-10;2-1-4-3;;;;/h1,7-14,16-17,19H,15,18H2,2-5H3;1,7-14,16-17,19,31H,15,18H2,2-5H3;1,5-10,12-13H,11,20H2,2-3H3;3-5H,6H2,1-2H3;1,3H;1H4;;;/q;;;;;;2*+1;-1/p-1. The van der Waals surface area contributed by atoms with Crippen molar-refractivity contribution in [1.29, 1.82) is 0 Å². The van der Waals surface area contributed by atoms with E-state index < -0.39 is 0 Å². The Hall–Kier alpha value is -10.9. The number of methoxy groups -OCH3 is 6. The quantitative estimate of drug-likeness (QED) is 0.00706. The first-order chi connectivity index (χ1) is 57.1. The zero-order valence-electron chi connectivity index (χ0n) is 70.3. The fourth-order valence-corrected chi connectivity index (χ4v) is 12.3. The summed E-state index contributed by atoms with van der Waals surface area (Å²) in [5, 5.41) is 13.4. The van der Waals surface area contributed by atoms with Crippen molar-refractivity contribution >= 4 is 89.3 Å². The van der Waals surface area contributed by atoms with Crippen LogP contribution in [0.5, 0.6) is 52.5 Å². The van der Waals surface area contributed by atoms with E-state index in [1.54, 1.807) is 49.1 Å². The van der Waals surface area contributed by atoms with Gasteiger partial charge in [0.2, 0.25) is 0 Å². The zero-order chi connectivity index (χ0) is 85.0. The molecule has 0 radical (unpaired) electrons. The van der Waals surface area contributed by atoms with Gasteiger partial charge in [-0.1, -0.05) is 174 Å². The predicted molar refractivity (Wildman–Crippen MR) is 466 cm³/mol. The average molecular weight is 1750 g/mol. The van der Waals surface area contributed by atoms with Gasteiger partial charge in [0.05, 0.1) is 93.5 Å². The number of aromatic nitrogens is 8. The van der Waals surface area contributed by atoms with Crippen molar-refractivity contribution < 1.29 is 171 Å². The van der Waals surface area contributed by atoms with Crippen LogP contribution in [0.2, 0.25) is 0 Å². The number of carbonyl (C=O) groups is 3. The Morgan fingerprint density at radius 2 is 0.851 bits per heavy atom. The van der Waals surface area contributed by atoms with Gasteiger partial charge in [-0.3, -0.25) is 19.0 Å². The molecular formula is C93H93BrK2N10O15. The molecule has 0 spiro atoms. The van der Waals surface area contributed by atoms with Gasteiger partial charge >= 0.3 is 108 Å². The Labute approximate surface area is 799 Å². The van der Waals surface area contributed by atoms with Crippen LogP contribution in [0, 0.1) is 37.0 Å². The molecule has 0 saturated carbocycles. The molecule has 13 rings (SSSR count). The van der Waals surface area contributed by atoms with Gasteiger partial charge in [0, 0.05) is 56.5 Å². The number of rotatable bonds is 27. The summed E-state index contributed by atoms with van der Waals surface area (Å²) in [5.41, 5.74) is 21.7. The number of ether oxygens (including phenoxy) is 9. The average Bonchev–Trinajstić information content (AvgIpc) is 0.771. The third kappa shape index (κ3) is 26.6. The molecule has 3 N–H and O–H groups in total. The fourth-order valence-electron chi connectivity index (χ4n) is 11.9. The topological polar surface area (TPSA) is 317 Å². The number of halogens is 1. The Kier molecular flexibility index (Phi) is 40.2. The van der Waals surface area contributed by atoms with Gasteiger partial charge in [0.1, 0.15) is 37.1 Å². The molecule has 9 aromatic carbocycles. The van der Waals surface area contributed by atoms with E-state index in [0.29, 0.717) is 138 Å². The van der Waals surface area contributed by atoms with Crippen LogP contribution in [-0.4, -0.2) is 120 Å². The molecule has 0 aliphatic carbocycles. The molecule has 4 aromatic heterocycles. The van der Waals surface area contributed by atoms with Gasteiger partial charge in [-0.25, -0.2) is 34.7 Å². The third-order valence-corrected chi connectivity index (χ3v) is 18.8. The first kappa shape index (κ1) is 99.0. The predicted octanol–water partition coefficient (Wildman–Crippen LogP) is 10.2. The minimum Gasteiger partial charge on any atom is -1.00 e. The van der Waals surface area contributed by atoms with Crippen molar-refractivity contribution in [2.45, 2.75) is 85.1 Å². The van der Waals surface area contributed by atoms with Gasteiger partial charge in [-0.2, -0.15) is 4.98 Å². The second kappa shape index (κ2) is 49.2. The van der Waals surface area contributed by atoms with Gasteiger partial charge in [0.15, 0.2) is 11.6 Å². The fraction of sp³-hybridized carbons (Fsp3) is 0.237. The number of benzene rings is 9. The van der Waals surface area contributed by atoms with Crippen molar-refractivity contribution in [3.63, 3.8) is 0 Å². The molecule has 13 aromatic rings. The van der Waals surface area contributed by atoms with E-state index in [1.165, 1.54) is 45.1 Å². The molecule has 0 saturated heterocycles. The van der Waals surface area contributed by atoms with Crippen molar-refractivity contribution in [3.8, 4) is 101 Å². The maximum atomic E-state index is 13.5. The molecule has 0 bridgehead atoms. The van der Waals surface area contributed by atoms with E-state index in [9.17, 15) is 14.4 Å². The van der Waals surface area contributed by atoms with Gasteiger partial charge in [-0.05, 0) is 142 Å². The smallest absolute Gasteiger partial charge is 1.00 e. The molecule has 0 aliphatic heterocycles. The molecule has 0 atom stereocenters. The maximum absolute atomic E-state index is 13.5. The number of nitrogens with two attached hydrogens (primary N) is 1. The largest absolute Gasteiger partial charge is 1.00 e. The second-order valence-corrected chi connectivity index (χ2v) is 27.4. The van der Waals surface area contributed by atoms with Crippen molar-refractivity contribution in [2.24, 2.45) is 0 Å². The van der Waals surface area contributed by atoms with Crippen molar-refractivity contribution in [2.75, 3.05) is 73.5 Å². The summed E-state index contributed by atoms with van der Waals surface area (Å²) in [4.78, 5) is 81.9. The van der Waals surface area contributed by atoms with Crippen LogP contribution in [0.15, 0.2) is 187 Å². The van der Waals surface area contributed by atoms with E-state index in [4.69, 9.17) is 77.7 Å². The summed E-state index contributed by atoms with van der Waals surface area (Å²) in [6, 6.07) is 56.6. The van der Waals surface area contributed by atoms with Crippen molar-refractivity contribution in [3.05, 3.63) is 248 Å². The Bertz CT molecular complexity index is 5910. The third-order valence-electron chi connectivity index (χ3n) is 18.1. The minimum atomic E-state index is -0.360. The molecule has 121 heavy (non-hydrogen) atoms. The van der Waals surface area contributed by atoms with Crippen LogP contribution in [0.3, 0.4) is 0 Å². The van der Waals surface area contributed by atoms with E-state index >= 15 is 0 Å². The van der Waals surface area contributed by atoms with Crippen LogP contribution in [0.4, 0.5) is 11.4 Å². The summed E-state index contributed by atoms with van der Waals surface area (Å²) < 4.78 is 49.6. The number of nitrogens with zero attached hydrogens (tertiary/aromatic N) is 8. The summed E-state index contributed by atoms with van der Waals surface area (Å²) in [6.45, 7) is 13.7. The van der Waals surface area contributed by atoms with Crippen molar-refractivity contribution in [1.82, 2.24) is 39.5 Å². The number of anilines is 2. The van der Waals surface area contributed by atoms with Gasteiger partial charge < -0.3 is 65.3 Å². The van der Waals surface area contributed by atoms with E-state index in [-0.39, 0.29) is 162 Å². The summed E-state index contributed by atoms with van der Waals surface area (Å²) in [6.07, 6.45) is 15.9. The summed E-state index contributed by atoms with van der Waals surface area (Å²) in [7, 11) is 9.17. The first-order valence-electron chi connectivity index (χ1n) is 36.9. The van der Waals surface area contributed by atoms with E-state index in [1.807, 2.05) is 140 Å². The van der Waals surface area contributed by atoms with Crippen LogP contribution in [0.1, 0.15) is 133 Å². The normalized spacial score (nSPS) is 10.3. The number of carbonyl (C=O) groups excluding carboxylic acids is 3. The molecule has 0 unspecified atom stereocenters. The maximum Gasteiger partial charge on any atom is 1.00 e. The first-order valence-corrected chi connectivity index (χ1v) is 38.0. The number of alkyl halides is 1. The minimum absolute atomic E-state index is 0. The zero-order valence-corrected chi connectivity index (χ0v) is 77.1. The van der Waals surface area contributed by atoms with E-state index in [2.05, 4.69) is 132 Å². The SMILES string of the molecule is C.C#CCOc1ccc(N)c(C(=O)c2ccc(C(C)C)cc2)c1.C#CCOc1ccc(NCc2ccc3nc(OC)c(OC)nc3c2)c(C(=O)c2ccc(C(C)C)cc2)c1.C#CCOc1ccc2c(c1)c(-c1ccc(C(C)C)cc1)nc(=O)n2Cc1ccc2nc(OC)c(OC)nc2c1.COc1nc2ccc(CBr)cc2nc1OC.O=CO[O-].[H-].[K+].[K+]. The molecule has 0 amide bonds. The molecule has 4 heterocycles. The number of fused-ring (bicyclic) bond motifs is 4. The number of nitrogen functional groups attached to an aromatic ring is 1. The van der Waals surface area contributed by atoms with Crippen LogP contribution < -0.4 is 167 Å². The number of nitrogens with one attached hydrogen (secondary N) is 1. The van der Waals surface area contributed by atoms with Gasteiger partial charge in [-0.15, -0.1) is 19.3 Å². The monoisotopic (exact) mass is 1750 g/mol. The van der Waals surface area contributed by atoms with Crippen LogP contribution in [-0.2, 0) is 28.1 Å². The number of terminal acetylenes is 3. The molecule has 0 fully saturated rings. The number of hydrogen-bond acceptors (Lipinski definition) is 24. The number of ketones is 2. The Balaban J connectivity index is 0.000000295. The molecule has 0 aliphatic rings. The Morgan fingerprint density at radius 3 is 1.26 bits per heavy atom. The Morgan fingerprint density at radius 1 is 0.488 bits per heavy atom. The molecule has 614 valence electrons. The molecular weight excluding hydrogens is 1660 g/mol. The summed E-state index contributed by atoms with van der Waals surface area (Å²) in [5.74, 6) is 12.0. The van der Waals surface area contributed by atoms with Gasteiger partial charge in [0.25, 0.3) is 41.8 Å². The molecule has 28 heteroatoms. The summed E-state index contributed by atoms with van der Waals surface area (Å²) >= 11 is 3.40. The van der Waals surface area contributed by atoms with Crippen LogP contribution >= 0.6 is 15.9 Å². The van der Waals surface area contributed by atoms with Crippen LogP contribution in [0.25, 0.3) is 55.3 Å². The second-order valence-electron chi connectivity index (χ2n) is 26.8. The molecule has 25 nitrogen and oxygen atoms in total. The number of hydrogen-bond donors (Lipinski definition) is 2.